The Hall–Kier alpha value is -3.02. The number of nitrogens with two attached hydrogens (primary N) is 1. The zero-order valence-corrected chi connectivity index (χ0v) is 19.8. The van der Waals surface area contributed by atoms with E-state index in [4.69, 9.17) is 10.5 Å². The summed E-state index contributed by atoms with van der Waals surface area (Å²) in [5, 5.41) is 0. The van der Waals surface area contributed by atoms with Crippen molar-refractivity contribution >= 4 is 11.7 Å². The summed E-state index contributed by atoms with van der Waals surface area (Å²) in [5.74, 6) is -1.12. The van der Waals surface area contributed by atoms with Gasteiger partial charge in [-0.25, -0.2) is 4.79 Å². The number of rotatable bonds is 6. The third kappa shape index (κ3) is 7.81. The number of nitrogen functional groups attached to an aromatic ring is 1. The summed E-state index contributed by atoms with van der Waals surface area (Å²) in [7, 11) is 0. The minimum Gasteiger partial charge on any atom is -0.421 e. The molecular weight excluding hydrogens is 427 g/mol. The molecule has 0 fully saturated rings. The Balaban J connectivity index is 2.03. The van der Waals surface area contributed by atoms with E-state index in [1.807, 2.05) is 19.1 Å². The van der Waals surface area contributed by atoms with Crippen molar-refractivity contribution < 1.29 is 22.7 Å². The number of allylic oxidation sites excluding steroid dienone is 9. The normalized spacial score (nSPS) is 17.8. The fourth-order valence-corrected chi connectivity index (χ4v) is 3.80. The number of anilines is 1. The summed E-state index contributed by atoms with van der Waals surface area (Å²) >= 11 is 0. The highest BCUT2D eigenvalue weighted by molar-refractivity contribution is 5.86. The van der Waals surface area contributed by atoms with Gasteiger partial charge in [0.15, 0.2) is 5.75 Å². The van der Waals surface area contributed by atoms with Crippen molar-refractivity contribution in [3.05, 3.63) is 82.5 Å². The van der Waals surface area contributed by atoms with Crippen LogP contribution in [0.15, 0.2) is 76.9 Å². The van der Waals surface area contributed by atoms with Crippen molar-refractivity contribution in [3.63, 3.8) is 0 Å². The van der Waals surface area contributed by atoms with Gasteiger partial charge in [-0.15, -0.1) is 0 Å². The summed E-state index contributed by atoms with van der Waals surface area (Å²) < 4.78 is 43.6. The molecule has 0 aliphatic heterocycles. The fraction of sp³-hybridized carbons (Fsp3) is 0.370. The summed E-state index contributed by atoms with van der Waals surface area (Å²) in [6.07, 6.45) is 9.92. The molecule has 178 valence electrons. The van der Waals surface area contributed by atoms with E-state index in [-0.39, 0.29) is 16.9 Å². The van der Waals surface area contributed by atoms with Crippen LogP contribution in [0.3, 0.4) is 0 Å². The molecule has 1 aliphatic carbocycles. The van der Waals surface area contributed by atoms with Gasteiger partial charge in [-0.2, -0.15) is 13.2 Å². The van der Waals surface area contributed by atoms with Crippen LogP contribution in [-0.2, 0) is 11.0 Å². The maximum atomic E-state index is 12.9. The van der Waals surface area contributed by atoms with E-state index >= 15 is 0 Å². The molecule has 0 unspecified atom stereocenters. The molecule has 1 aromatic rings. The van der Waals surface area contributed by atoms with Crippen LogP contribution in [0, 0.1) is 5.41 Å². The van der Waals surface area contributed by atoms with Crippen LogP contribution in [0.2, 0.25) is 0 Å². The molecule has 33 heavy (non-hydrogen) atoms. The minimum absolute atomic E-state index is 0.0465. The van der Waals surface area contributed by atoms with Crippen molar-refractivity contribution in [1.82, 2.24) is 0 Å². The molecule has 1 aliphatic rings. The molecule has 1 aromatic carbocycles. The summed E-state index contributed by atoms with van der Waals surface area (Å²) in [5.41, 5.74) is 9.30. The summed E-state index contributed by atoms with van der Waals surface area (Å²) in [6, 6.07) is 2.62. The highest BCUT2D eigenvalue weighted by Crippen LogP contribution is 2.40. The lowest BCUT2D eigenvalue weighted by Gasteiger charge is -2.32. The Morgan fingerprint density at radius 3 is 2.48 bits per heavy atom. The van der Waals surface area contributed by atoms with Crippen LogP contribution in [0.25, 0.3) is 0 Å². The van der Waals surface area contributed by atoms with E-state index in [2.05, 4.69) is 32.9 Å². The van der Waals surface area contributed by atoms with E-state index in [1.165, 1.54) is 30.1 Å². The lowest BCUT2D eigenvalue weighted by Crippen LogP contribution is -2.19. The molecule has 2 rings (SSSR count). The first kappa shape index (κ1) is 26.2. The van der Waals surface area contributed by atoms with Gasteiger partial charge in [0.2, 0.25) is 0 Å². The second-order valence-corrected chi connectivity index (χ2v) is 9.09. The maximum Gasteiger partial charge on any atom is 0.416 e. The molecule has 6 heteroatoms. The first-order valence-corrected chi connectivity index (χ1v) is 10.9. The minimum atomic E-state index is -4.55. The number of halogens is 3. The standard InChI is InChI=1S/C27H32F3NO2/c1-18(11-13-22-20(3)10-7-15-26(22,4)5)8-6-9-19(2)16-25(32)33-24-17-21(27(28,29)30)12-14-23(24)31/h6,8-9,11-14,16-17H,7,10,15,31H2,1-5H3. The van der Waals surface area contributed by atoms with Crippen molar-refractivity contribution in [2.24, 2.45) is 5.41 Å². The van der Waals surface area contributed by atoms with Gasteiger partial charge in [-0.1, -0.05) is 55.4 Å². The summed E-state index contributed by atoms with van der Waals surface area (Å²) in [6.45, 7) is 10.4. The Morgan fingerprint density at radius 1 is 1.15 bits per heavy atom. The number of hydrogen-bond acceptors (Lipinski definition) is 3. The van der Waals surface area contributed by atoms with Gasteiger partial charge in [-0.05, 0) is 74.8 Å². The van der Waals surface area contributed by atoms with Gasteiger partial charge in [-0.3, -0.25) is 0 Å². The molecule has 0 heterocycles. The van der Waals surface area contributed by atoms with Crippen LogP contribution in [0.1, 0.15) is 59.4 Å². The van der Waals surface area contributed by atoms with Crippen LogP contribution in [0.5, 0.6) is 5.75 Å². The molecule has 2 N–H and O–H groups in total. The van der Waals surface area contributed by atoms with Gasteiger partial charge < -0.3 is 10.5 Å². The van der Waals surface area contributed by atoms with E-state index in [0.717, 1.165) is 30.2 Å². The number of ether oxygens (including phenoxy) is 1. The fourth-order valence-electron chi connectivity index (χ4n) is 3.80. The highest BCUT2D eigenvalue weighted by Gasteiger charge is 2.31. The largest absolute Gasteiger partial charge is 0.421 e. The summed E-state index contributed by atoms with van der Waals surface area (Å²) in [4.78, 5) is 12.1. The quantitative estimate of drug-likeness (QED) is 0.156. The number of benzene rings is 1. The average Bonchev–Trinajstić information content (AvgIpc) is 2.67. The van der Waals surface area contributed by atoms with Crippen LogP contribution < -0.4 is 10.5 Å². The number of hydrogen-bond donors (Lipinski definition) is 1. The topological polar surface area (TPSA) is 52.3 Å². The Bertz CT molecular complexity index is 1040. The molecule has 3 nitrogen and oxygen atoms in total. The molecule has 0 spiro atoms. The monoisotopic (exact) mass is 459 g/mol. The van der Waals surface area contributed by atoms with E-state index in [9.17, 15) is 18.0 Å². The van der Waals surface area contributed by atoms with Gasteiger partial charge >= 0.3 is 12.1 Å². The smallest absolute Gasteiger partial charge is 0.416 e. The number of carbonyl (C=O) groups excluding carboxylic acids is 1. The van der Waals surface area contributed by atoms with Crippen molar-refractivity contribution in [2.45, 2.75) is 60.1 Å². The molecular formula is C27H32F3NO2. The lowest BCUT2D eigenvalue weighted by atomic mass is 9.72. The Kier molecular flexibility index (Phi) is 8.53. The molecule has 0 saturated heterocycles. The maximum absolute atomic E-state index is 12.9. The van der Waals surface area contributed by atoms with Crippen LogP contribution in [0.4, 0.5) is 18.9 Å². The predicted octanol–water partition coefficient (Wildman–Crippen LogP) is 7.72. The third-order valence-electron chi connectivity index (χ3n) is 5.67. The van der Waals surface area contributed by atoms with Crippen LogP contribution in [-0.4, -0.2) is 5.97 Å². The average molecular weight is 460 g/mol. The molecule has 0 atom stereocenters. The second-order valence-electron chi connectivity index (χ2n) is 9.09. The van der Waals surface area contributed by atoms with E-state index < -0.39 is 17.7 Å². The first-order chi connectivity index (χ1) is 15.3. The van der Waals surface area contributed by atoms with Crippen molar-refractivity contribution in [1.29, 1.82) is 0 Å². The third-order valence-corrected chi connectivity index (χ3v) is 5.67. The number of carbonyl (C=O) groups is 1. The predicted molar refractivity (Wildman–Crippen MR) is 128 cm³/mol. The molecule has 0 saturated carbocycles. The van der Waals surface area contributed by atoms with Gasteiger partial charge in [0.1, 0.15) is 0 Å². The zero-order valence-electron chi connectivity index (χ0n) is 19.8. The Labute approximate surface area is 194 Å². The zero-order chi connectivity index (χ0) is 24.8. The molecule has 0 aromatic heterocycles. The second kappa shape index (κ2) is 10.7. The Morgan fingerprint density at radius 2 is 1.85 bits per heavy atom. The molecule has 0 radical (unpaired) electrons. The first-order valence-electron chi connectivity index (χ1n) is 10.9. The number of alkyl halides is 3. The van der Waals surface area contributed by atoms with Crippen molar-refractivity contribution in [2.75, 3.05) is 5.73 Å². The van der Waals surface area contributed by atoms with E-state index in [0.29, 0.717) is 5.57 Å². The van der Waals surface area contributed by atoms with Gasteiger partial charge in [0.05, 0.1) is 11.3 Å². The molecule has 0 bridgehead atoms. The van der Waals surface area contributed by atoms with Gasteiger partial charge in [0.25, 0.3) is 0 Å². The SMILES string of the molecule is CC(C=CC1=C(C)CCCC1(C)C)=CC=CC(C)=CC(=O)Oc1cc(C(F)(F)F)ccc1N. The van der Waals surface area contributed by atoms with Crippen molar-refractivity contribution in [3.8, 4) is 5.75 Å². The molecule has 0 amide bonds. The van der Waals surface area contributed by atoms with Crippen LogP contribution >= 0.6 is 0 Å². The van der Waals surface area contributed by atoms with Gasteiger partial charge in [0, 0.05) is 6.08 Å². The number of esters is 1. The highest BCUT2D eigenvalue weighted by atomic mass is 19.4. The lowest BCUT2D eigenvalue weighted by molar-refractivity contribution is -0.138. The van der Waals surface area contributed by atoms with E-state index in [1.54, 1.807) is 13.0 Å².